The van der Waals surface area contributed by atoms with Gasteiger partial charge in [-0.05, 0) is 66.3 Å². The molecule has 0 aromatic heterocycles. The molecule has 0 aliphatic rings. The lowest BCUT2D eigenvalue weighted by Crippen LogP contribution is -2.30. The van der Waals surface area contributed by atoms with Crippen molar-refractivity contribution in [3.63, 3.8) is 0 Å². The molecular weight excluding hydrogens is 453 g/mol. The predicted molar refractivity (Wildman–Crippen MR) is 122 cm³/mol. The second kappa shape index (κ2) is 10.7. The lowest BCUT2D eigenvalue weighted by molar-refractivity contribution is -0.137. The van der Waals surface area contributed by atoms with Gasteiger partial charge in [0.2, 0.25) is 10.0 Å². The van der Waals surface area contributed by atoms with E-state index in [1.54, 1.807) is 30.3 Å². The molecule has 1 unspecified atom stereocenters. The van der Waals surface area contributed by atoms with E-state index >= 15 is 0 Å². The van der Waals surface area contributed by atoms with Crippen LogP contribution < -0.4 is 4.72 Å². The third-order valence-electron chi connectivity index (χ3n) is 5.04. The van der Waals surface area contributed by atoms with E-state index in [2.05, 4.69) is 4.72 Å². The van der Waals surface area contributed by atoms with E-state index < -0.39 is 27.9 Å². The van der Waals surface area contributed by atoms with Crippen LogP contribution in [0, 0.1) is 5.82 Å². The van der Waals surface area contributed by atoms with Crippen molar-refractivity contribution in [3.8, 4) is 0 Å². The van der Waals surface area contributed by atoms with Crippen molar-refractivity contribution in [3.05, 3.63) is 100 Å². The minimum absolute atomic E-state index is 0.0609. The summed E-state index contributed by atoms with van der Waals surface area (Å²) >= 11 is 5.87. The zero-order valence-corrected chi connectivity index (χ0v) is 18.7. The first-order chi connectivity index (χ1) is 15.2. The first-order valence-electron chi connectivity index (χ1n) is 10.1. The maximum absolute atomic E-state index is 14.3. The van der Waals surface area contributed by atoms with Crippen LogP contribution in [-0.2, 0) is 27.7 Å². The van der Waals surface area contributed by atoms with Gasteiger partial charge in [-0.25, -0.2) is 17.5 Å². The quantitative estimate of drug-likeness (QED) is 0.425. The fourth-order valence-electron chi connectivity index (χ4n) is 3.34. The predicted octanol–water partition coefficient (Wildman–Crippen LogP) is 5.15. The van der Waals surface area contributed by atoms with Crippen molar-refractivity contribution in [1.29, 1.82) is 0 Å². The summed E-state index contributed by atoms with van der Waals surface area (Å²) in [5.74, 6) is -1.25. The normalized spacial score (nSPS) is 12.4. The van der Waals surface area contributed by atoms with Gasteiger partial charge >= 0.3 is 5.97 Å². The minimum Gasteiger partial charge on any atom is -0.481 e. The van der Waals surface area contributed by atoms with Crippen LogP contribution in [0.25, 0.3) is 0 Å². The van der Waals surface area contributed by atoms with Crippen molar-refractivity contribution in [2.24, 2.45) is 0 Å². The van der Waals surface area contributed by atoms with Crippen LogP contribution in [-0.4, -0.2) is 19.5 Å². The van der Waals surface area contributed by atoms with Crippen molar-refractivity contribution in [1.82, 2.24) is 4.72 Å². The Kier molecular flexibility index (Phi) is 8.01. The first-order valence-corrected chi connectivity index (χ1v) is 11.9. The third kappa shape index (κ3) is 6.63. The molecule has 168 valence electrons. The molecule has 3 aromatic carbocycles. The smallest absolute Gasteiger partial charge is 0.303 e. The van der Waals surface area contributed by atoms with E-state index in [1.807, 2.05) is 12.1 Å². The molecule has 5 nitrogen and oxygen atoms in total. The Morgan fingerprint density at radius 3 is 2.28 bits per heavy atom. The van der Waals surface area contributed by atoms with E-state index in [-0.39, 0.29) is 17.7 Å². The molecule has 2 N–H and O–H groups in total. The van der Waals surface area contributed by atoms with Gasteiger partial charge in [-0.15, -0.1) is 0 Å². The number of sulfonamides is 1. The summed E-state index contributed by atoms with van der Waals surface area (Å²) in [7, 11) is -3.89. The number of aryl methyl sites for hydroxylation is 1. The molecule has 0 aliphatic carbocycles. The van der Waals surface area contributed by atoms with Gasteiger partial charge in [-0.1, -0.05) is 54.1 Å². The van der Waals surface area contributed by atoms with Crippen LogP contribution in [0.15, 0.2) is 77.7 Å². The van der Waals surface area contributed by atoms with Crippen LogP contribution in [0.2, 0.25) is 5.02 Å². The summed E-state index contributed by atoms with van der Waals surface area (Å²) in [5.41, 5.74) is 2.01. The highest BCUT2D eigenvalue weighted by atomic mass is 35.5. The average molecular weight is 476 g/mol. The van der Waals surface area contributed by atoms with Gasteiger partial charge < -0.3 is 5.11 Å². The Morgan fingerprint density at radius 1 is 1.00 bits per heavy atom. The average Bonchev–Trinajstić information content (AvgIpc) is 2.75. The van der Waals surface area contributed by atoms with Gasteiger partial charge in [0, 0.05) is 11.4 Å². The molecule has 0 spiro atoms. The highest BCUT2D eigenvalue weighted by Gasteiger charge is 2.23. The molecule has 3 rings (SSSR count). The monoisotopic (exact) mass is 475 g/mol. The molecular formula is C24H23ClFNO4S. The molecule has 0 saturated heterocycles. The van der Waals surface area contributed by atoms with Crippen molar-refractivity contribution in [2.45, 2.75) is 36.6 Å². The highest BCUT2D eigenvalue weighted by molar-refractivity contribution is 7.89. The topological polar surface area (TPSA) is 83.5 Å². The van der Waals surface area contributed by atoms with Gasteiger partial charge in [0.25, 0.3) is 0 Å². The molecule has 0 heterocycles. The zero-order valence-electron chi connectivity index (χ0n) is 17.2. The number of rotatable bonds is 10. The molecule has 32 heavy (non-hydrogen) atoms. The Labute approximate surface area is 191 Å². The van der Waals surface area contributed by atoms with Gasteiger partial charge in [-0.2, -0.15) is 0 Å². The number of halogens is 2. The fraction of sp³-hybridized carbons (Fsp3) is 0.208. The number of aliphatic carboxylic acids is 1. The number of hydrogen-bond acceptors (Lipinski definition) is 3. The Hall–Kier alpha value is -2.74. The number of carbonyl (C=O) groups is 1. The van der Waals surface area contributed by atoms with Crippen molar-refractivity contribution >= 4 is 27.6 Å². The Morgan fingerprint density at radius 2 is 1.66 bits per heavy atom. The van der Waals surface area contributed by atoms with Crippen LogP contribution >= 0.6 is 11.6 Å². The number of hydrogen-bond donors (Lipinski definition) is 2. The maximum atomic E-state index is 14.3. The summed E-state index contributed by atoms with van der Waals surface area (Å²) in [5, 5.41) is 9.21. The lowest BCUT2D eigenvalue weighted by Gasteiger charge is -2.20. The summed E-state index contributed by atoms with van der Waals surface area (Å²) in [6.07, 6.45) is 1.31. The van der Waals surface area contributed by atoms with E-state index in [0.717, 1.165) is 5.56 Å². The largest absolute Gasteiger partial charge is 0.481 e. The fourth-order valence-corrected chi connectivity index (χ4v) is 4.69. The highest BCUT2D eigenvalue weighted by Crippen LogP contribution is 2.24. The van der Waals surface area contributed by atoms with Crippen molar-refractivity contribution in [2.75, 3.05) is 0 Å². The molecule has 0 saturated carbocycles. The summed E-state index contributed by atoms with van der Waals surface area (Å²) in [6.45, 7) is 0. The second-order valence-corrected chi connectivity index (χ2v) is 9.56. The molecule has 0 radical (unpaired) electrons. The van der Waals surface area contributed by atoms with Gasteiger partial charge in [0.15, 0.2) is 0 Å². The van der Waals surface area contributed by atoms with E-state index in [1.165, 1.54) is 30.3 Å². The van der Waals surface area contributed by atoms with Crippen molar-refractivity contribution < 1.29 is 22.7 Å². The van der Waals surface area contributed by atoms with E-state index in [9.17, 15) is 17.6 Å². The van der Waals surface area contributed by atoms with Gasteiger partial charge in [-0.3, -0.25) is 4.79 Å². The van der Waals surface area contributed by atoms with Gasteiger partial charge in [0.05, 0.1) is 10.9 Å². The minimum atomic E-state index is -3.89. The molecule has 1 atom stereocenters. The number of carboxylic acid groups (broad SMARTS) is 1. The molecule has 0 aliphatic heterocycles. The first kappa shape index (κ1) is 23.9. The standard InChI is InChI=1S/C24H23ClFNO4S/c25-20-12-14-21(15-13-20)32(30,31)27-23(16-19-5-1-2-6-22(19)26)18-10-8-17(9-11-18)4-3-7-24(28)29/h1-2,5-6,8-15,23,27H,3-4,7,16H2,(H,28,29). The molecule has 8 heteroatoms. The lowest BCUT2D eigenvalue weighted by atomic mass is 9.97. The summed E-state index contributed by atoms with van der Waals surface area (Å²) in [4.78, 5) is 10.8. The van der Waals surface area contributed by atoms with Crippen LogP contribution in [0.1, 0.15) is 35.6 Å². The van der Waals surface area contributed by atoms with Crippen LogP contribution in [0.3, 0.4) is 0 Å². The molecule has 3 aromatic rings. The molecule has 0 amide bonds. The molecule has 0 fully saturated rings. The summed E-state index contributed by atoms with van der Waals surface area (Å²) in [6, 6.07) is 18.6. The number of nitrogens with one attached hydrogen (secondary N) is 1. The second-order valence-electron chi connectivity index (χ2n) is 7.41. The van der Waals surface area contributed by atoms with E-state index in [4.69, 9.17) is 16.7 Å². The Balaban J connectivity index is 1.86. The SMILES string of the molecule is O=C(O)CCCc1ccc(C(Cc2ccccc2F)NS(=O)(=O)c2ccc(Cl)cc2)cc1. The number of benzene rings is 3. The third-order valence-corrected chi connectivity index (χ3v) is 6.78. The van der Waals surface area contributed by atoms with E-state index in [0.29, 0.717) is 29.0 Å². The Bertz CT molecular complexity index is 1170. The van der Waals surface area contributed by atoms with Crippen LogP contribution in [0.4, 0.5) is 4.39 Å². The maximum Gasteiger partial charge on any atom is 0.303 e. The summed E-state index contributed by atoms with van der Waals surface area (Å²) < 4.78 is 42.9. The number of carboxylic acids is 1. The molecule has 0 bridgehead atoms. The zero-order chi connectivity index (χ0) is 23.1. The van der Waals surface area contributed by atoms with Crippen LogP contribution in [0.5, 0.6) is 0 Å². The van der Waals surface area contributed by atoms with Gasteiger partial charge in [0.1, 0.15) is 5.82 Å².